The monoisotopic (exact) mass is 355 g/mol. The quantitative estimate of drug-likeness (QED) is 0.811. The van der Waals surface area contributed by atoms with Crippen LogP contribution in [0.15, 0.2) is 53.4 Å². The normalized spacial score (nSPS) is 19.5. The highest BCUT2D eigenvalue weighted by atomic mass is 35.5. The third-order valence-electron chi connectivity index (χ3n) is 3.87. The number of benzene rings is 2. The lowest BCUT2D eigenvalue weighted by atomic mass is 10.1. The Hall–Kier alpha value is -1.07. The fourth-order valence-electron chi connectivity index (χ4n) is 2.84. The predicted octanol–water partition coefficient (Wildman–Crippen LogP) is 4.52. The smallest absolute Gasteiger partial charge is 0.207 e. The molecule has 0 amide bonds. The SMILES string of the molecule is O=S(=O)(c1cc(Cl)ccc1Cl)N1CCC[C@@H]1c1ccccc1. The molecule has 1 aliphatic rings. The first-order valence-electron chi connectivity index (χ1n) is 7.02. The zero-order valence-electron chi connectivity index (χ0n) is 11.7. The molecule has 6 heteroatoms. The number of nitrogens with zero attached hydrogens (tertiary/aromatic N) is 1. The van der Waals surface area contributed by atoms with Gasteiger partial charge in [-0.2, -0.15) is 4.31 Å². The molecular weight excluding hydrogens is 341 g/mol. The number of rotatable bonds is 3. The summed E-state index contributed by atoms with van der Waals surface area (Å²) in [7, 11) is -3.67. The van der Waals surface area contributed by atoms with Crippen LogP contribution < -0.4 is 0 Å². The molecule has 1 fully saturated rings. The lowest BCUT2D eigenvalue weighted by Crippen LogP contribution is -2.30. The van der Waals surface area contributed by atoms with Crippen LogP contribution in [0.1, 0.15) is 24.4 Å². The lowest BCUT2D eigenvalue weighted by molar-refractivity contribution is 0.397. The first-order valence-corrected chi connectivity index (χ1v) is 9.21. The van der Waals surface area contributed by atoms with Crippen molar-refractivity contribution in [2.24, 2.45) is 0 Å². The Labute approximate surface area is 140 Å². The summed E-state index contributed by atoms with van der Waals surface area (Å²) in [6, 6.07) is 14.0. The maximum absolute atomic E-state index is 13.0. The minimum atomic E-state index is -3.67. The third-order valence-corrected chi connectivity index (χ3v) is 6.49. The van der Waals surface area contributed by atoms with Crippen molar-refractivity contribution in [2.75, 3.05) is 6.54 Å². The molecular formula is C16H15Cl2NO2S. The molecule has 3 nitrogen and oxygen atoms in total. The van der Waals surface area contributed by atoms with Crippen molar-refractivity contribution in [3.8, 4) is 0 Å². The molecule has 1 aliphatic heterocycles. The molecule has 0 N–H and O–H groups in total. The molecule has 0 aromatic heterocycles. The number of hydrogen-bond donors (Lipinski definition) is 0. The van der Waals surface area contributed by atoms with Gasteiger partial charge in [-0.05, 0) is 36.6 Å². The molecule has 22 heavy (non-hydrogen) atoms. The summed E-state index contributed by atoms with van der Waals surface area (Å²) in [6.45, 7) is 0.491. The standard InChI is InChI=1S/C16H15Cl2NO2S/c17-13-8-9-14(18)16(11-13)22(20,21)19-10-4-7-15(19)12-5-2-1-3-6-12/h1-3,5-6,8-9,11,15H,4,7,10H2/t15-/m1/s1. The lowest BCUT2D eigenvalue weighted by Gasteiger charge is -2.25. The molecule has 1 heterocycles. The van der Waals surface area contributed by atoms with Crippen molar-refractivity contribution in [2.45, 2.75) is 23.8 Å². The zero-order chi connectivity index (χ0) is 15.7. The van der Waals surface area contributed by atoms with E-state index in [0.29, 0.717) is 11.6 Å². The van der Waals surface area contributed by atoms with Crippen molar-refractivity contribution in [3.05, 3.63) is 64.1 Å². The summed E-state index contributed by atoms with van der Waals surface area (Å²) < 4.78 is 27.5. The van der Waals surface area contributed by atoms with Crippen LogP contribution in [-0.2, 0) is 10.0 Å². The van der Waals surface area contributed by atoms with Gasteiger partial charge in [0.1, 0.15) is 4.90 Å². The Balaban J connectivity index is 2.03. The molecule has 0 bridgehead atoms. The Morgan fingerprint density at radius 3 is 2.50 bits per heavy atom. The van der Waals surface area contributed by atoms with E-state index >= 15 is 0 Å². The number of halogens is 2. The van der Waals surface area contributed by atoms with Gasteiger partial charge in [-0.15, -0.1) is 0 Å². The molecule has 2 aromatic carbocycles. The molecule has 0 spiro atoms. The van der Waals surface area contributed by atoms with Crippen molar-refractivity contribution in [1.82, 2.24) is 4.31 Å². The zero-order valence-corrected chi connectivity index (χ0v) is 14.1. The minimum absolute atomic E-state index is 0.0736. The highest BCUT2D eigenvalue weighted by molar-refractivity contribution is 7.89. The molecule has 0 aliphatic carbocycles. The fraction of sp³-hybridized carbons (Fsp3) is 0.250. The second kappa shape index (κ2) is 6.20. The summed E-state index contributed by atoms with van der Waals surface area (Å²) in [5.41, 5.74) is 1.00. The van der Waals surface area contributed by atoms with E-state index in [9.17, 15) is 8.42 Å². The first kappa shape index (κ1) is 15.8. The van der Waals surface area contributed by atoms with Gasteiger partial charge in [0.2, 0.25) is 10.0 Å². The fourth-order valence-corrected chi connectivity index (χ4v) is 5.26. The maximum Gasteiger partial charge on any atom is 0.245 e. The second-order valence-electron chi connectivity index (χ2n) is 5.26. The van der Waals surface area contributed by atoms with Gasteiger partial charge in [0.25, 0.3) is 0 Å². The molecule has 0 radical (unpaired) electrons. The number of hydrogen-bond acceptors (Lipinski definition) is 2. The Bertz CT molecular complexity index is 778. The molecule has 0 unspecified atom stereocenters. The van der Waals surface area contributed by atoms with E-state index in [4.69, 9.17) is 23.2 Å². The van der Waals surface area contributed by atoms with E-state index in [1.54, 1.807) is 6.07 Å². The predicted molar refractivity (Wildman–Crippen MR) is 88.8 cm³/mol. The summed E-state index contributed by atoms with van der Waals surface area (Å²) in [6.07, 6.45) is 1.64. The summed E-state index contributed by atoms with van der Waals surface area (Å²) in [4.78, 5) is 0.0736. The Kier molecular flexibility index (Phi) is 4.46. The van der Waals surface area contributed by atoms with Gasteiger partial charge in [-0.3, -0.25) is 0 Å². The minimum Gasteiger partial charge on any atom is -0.207 e. The van der Waals surface area contributed by atoms with Crippen LogP contribution in [0.3, 0.4) is 0 Å². The summed E-state index contributed by atoms with van der Waals surface area (Å²) in [5.74, 6) is 0. The van der Waals surface area contributed by atoms with Crippen LogP contribution in [0.25, 0.3) is 0 Å². The first-order chi connectivity index (χ1) is 10.5. The van der Waals surface area contributed by atoms with Gasteiger partial charge in [0.15, 0.2) is 0 Å². The topological polar surface area (TPSA) is 37.4 Å². The molecule has 116 valence electrons. The van der Waals surface area contributed by atoms with Crippen LogP contribution in [0.2, 0.25) is 10.0 Å². The van der Waals surface area contributed by atoms with Crippen LogP contribution >= 0.6 is 23.2 Å². The van der Waals surface area contributed by atoms with Crippen molar-refractivity contribution in [1.29, 1.82) is 0 Å². The van der Waals surface area contributed by atoms with E-state index in [-0.39, 0.29) is 16.0 Å². The van der Waals surface area contributed by atoms with Crippen molar-refractivity contribution in [3.63, 3.8) is 0 Å². The average molecular weight is 356 g/mol. The largest absolute Gasteiger partial charge is 0.245 e. The van der Waals surface area contributed by atoms with Gasteiger partial charge in [-0.25, -0.2) is 8.42 Å². The van der Waals surface area contributed by atoms with E-state index in [1.165, 1.54) is 16.4 Å². The molecule has 1 saturated heterocycles. The molecule has 1 atom stereocenters. The molecule has 2 aromatic rings. The van der Waals surface area contributed by atoms with Gasteiger partial charge < -0.3 is 0 Å². The van der Waals surface area contributed by atoms with E-state index in [0.717, 1.165) is 18.4 Å². The molecule has 0 saturated carbocycles. The number of sulfonamides is 1. The van der Waals surface area contributed by atoms with Gasteiger partial charge in [-0.1, -0.05) is 53.5 Å². The van der Waals surface area contributed by atoms with Gasteiger partial charge in [0.05, 0.1) is 11.1 Å². The highest BCUT2D eigenvalue weighted by Gasteiger charge is 2.37. The second-order valence-corrected chi connectivity index (χ2v) is 7.96. The summed E-state index contributed by atoms with van der Waals surface area (Å²) >= 11 is 12.0. The average Bonchev–Trinajstić information content (AvgIpc) is 3.01. The van der Waals surface area contributed by atoms with Crippen LogP contribution in [0.5, 0.6) is 0 Å². The van der Waals surface area contributed by atoms with E-state index < -0.39 is 10.0 Å². The third kappa shape index (κ3) is 2.88. The van der Waals surface area contributed by atoms with Crippen molar-refractivity contribution >= 4 is 33.2 Å². The maximum atomic E-state index is 13.0. The van der Waals surface area contributed by atoms with E-state index in [2.05, 4.69) is 0 Å². The van der Waals surface area contributed by atoms with Crippen molar-refractivity contribution < 1.29 is 8.42 Å². The van der Waals surface area contributed by atoms with Crippen LogP contribution in [0, 0.1) is 0 Å². The van der Waals surface area contributed by atoms with E-state index in [1.807, 2.05) is 30.3 Å². The Morgan fingerprint density at radius 2 is 1.77 bits per heavy atom. The van der Waals surface area contributed by atoms with Gasteiger partial charge >= 0.3 is 0 Å². The molecule has 3 rings (SSSR count). The van der Waals surface area contributed by atoms with Gasteiger partial charge in [0, 0.05) is 11.6 Å². The van der Waals surface area contributed by atoms with Crippen LogP contribution in [0.4, 0.5) is 0 Å². The highest BCUT2D eigenvalue weighted by Crippen LogP contribution is 2.38. The van der Waals surface area contributed by atoms with Crippen LogP contribution in [-0.4, -0.2) is 19.3 Å². The Morgan fingerprint density at radius 1 is 1.05 bits per heavy atom. The summed E-state index contributed by atoms with van der Waals surface area (Å²) in [5, 5.41) is 0.557.